The van der Waals surface area contributed by atoms with Crippen LogP contribution >= 0.6 is 0 Å². The molecule has 2 atom stereocenters. The van der Waals surface area contributed by atoms with Gasteiger partial charge in [0.1, 0.15) is 0 Å². The van der Waals surface area contributed by atoms with Gasteiger partial charge in [0.15, 0.2) is 0 Å². The molecule has 2 heteroatoms. The molecule has 0 saturated carbocycles. The third-order valence-electron chi connectivity index (χ3n) is 3.67. The Balaban J connectivity index is 2.10. The van der Waals surface area contributed by atoms with E-state index in [-0.39, 0.29) is 12.2 Å². The Bertz CT molecular complexity index is 521. The SMILES string of the molecule is CCNCC(OC(C)c1ccccc1)c1ccc(C)cc1. The lowest BCUT2D eigenvalue weighted by Gasteiger charge is -2.23. The summed E-state index contributed by atoms with van der Waals surface area (Å²) in [5.41, 5.74) is 3.72. The second kappa shape index (κ2) is 7.96. The van der Waals surface area contributed by atoms with Gasteiger partial charge in [-0.15, -0.1) is 0 Å². The van der Waals surface area contributed by atoms with Gasteiger partial charge in [0.2, 0.25) is 0 Å². The molecule has 0 aliphatic rings. The average molecular weight is 283 g/mol. The molecule has 0 aliphatic carbocycles. The van der Waals surface area contributed by atoms with Gasteiger partial charge >= 0.3 is 0 Å². The van der Waals surface area contributed by atoms with Gasteiger partial charge in [-0.05, 0) is 31.5 Å². The summed E-state index contributed by atoms with van der Waals surface area (Å²) in [7, 11) is 0. The van der Waals surface area contributed by atoms with Gasteiger partial charge in [0, 0.05) is 6.54 Å². The Kier molecular flexibility index (Phi) is 5.97. The number of ether oxygens (including phenoxy) is 1. The summed E-state index contributed by atoms with van der Waals surface area (Å²) in [6, 6.07) is 19.0. The molecule has 21 heavy (non-hydrogen) atoms. The zero-order valence-electron chi connectivity index (χ0n) is 13.2. The summed E-state index contributed by atoms with van der Waals surface area (Å²) in [4.78, 5) is 0. The Hall–Kier alpha value is -1.64. The molecular weight excluding hydrogens is 258 g/mol. The lowest BCUT2D eigenvalue weighted by molar-refractivity contribution is -0.00410. The summed E-state index contributed by atoms with van der Waals surface area (Å²) in [6.45, 7) is 8.12. The molecular formula is C19H25NO. The predicted molar refractivity (Wildman–Crippen MR) is 88.4 cm³/mol. The Labute approximate surface area is 128 Å². The molecule has 0 aliphatic heterocycles. The van der Waals surface area contributed by atoms with Crippen molar-refractivity contribution in [1.29, 1.82) is 0 Å². The Morgan fingerprint density at radius 1 is 0.952 bits per heavy atom. The highest BCUT2D eigenvalue weighted by Crippen LogP contribution is 2.26. The molecule has 1 N–H and O–H groups in total. The standard InChI is InChI=1S/C19H25NO/c1-4-20-14-19(18-12-10-15(2)11-13-18)21-16(3)17-8-6-5-7-9-17/h5-13,16,19-20H,4,14H2,1-3H3. The molecule has 0 amide bonds. The zero-order valence-corrected chi connectivity index (χ0v) is 13.2. The van der Waals surface area contributed by atoms with Crippen molar-refractivity contribution in [3.63, 3.8) is 0 Å². The molecule has 0 spiro atoms. The van der Waals surface area contributed by atoms with E-state index in [2.05, 4.69) is 74.6 Å². The molecule has 0 radical (unpaired) electrons. The molecule has 2 aromatic rings. The highest BCUT2D eigenvalue weighted by molar-refractivity contribution is 5.24. The van der Waals surface area contributed by atoms with Crippen LogP contribution in [0.5, 0.6) is 0 Å². The van der Waals surface area contributed by atoms with Crippen molar-refractivity contribution in [2.45, 2.75) is 33.0 Å². The fraction of sp³-hybridized carbons (Fsp3) is 0.368. The van der Waals surface area contributed by atoms with Gasteiger partial charge in [-0.25, -0.2) is 0 Å². The number of nitrogens with one attached hydrogen (secondary N) is 1. The Morgan fingerprint density at radius 2 is 1.62 bits per heavy atom. The summed E-state index contributed by atoms with van der Waals surface area (Å²) < 4.78 is 6.30. The summed E-state index contributed by atoms with van der Waals surface area (Å²) in [5.74, 6) is 0. The van der Waals surface area contributed by atoms with Crippen molar-refractivity contribution in [2.24, 2.45) is 0 Å². The Morgan fingerprint density at radius 3 is 2.24 bits per heavy atom. The van der Waals surface area contributed by atoms with E-state index < -0.39 is 0 Å². The molecule has 2 unspecified atom stereocenters. The van der Waals surface area contributed by atoms with Crippen LogP contribution in [0, 0.1) is 6.92 Å². The highest BCUT2D eigenvalue weighted by atomic mass is 16.5. The van der Waals surface area contributed by atoms with Crippen LogP contribution < -0.4 is 5.32 Å². The molecule has 0 fully saturated rings. The third kappa shape index (κ3) is 4.69. The topological polar surface area (TPSA) is 21.3 Å². The first-order valence-electron chi connectivity index (χ1n) is 7.68. The van der Waals surface area contributed by atoms with Crippen LogP contribution in [-0.4, -0.2) is 13.1 Å². The second-order valence-corrected chi connectivity index (χ2v) is 5.40. The van der Waals surface area contributed by atoms with Gasteiger partial charge in [-0.1, -0.05) is 67.1 Å². The second-order valence-electron chi connectivity index (χ2n) is 5.40. The van der Waals surface area contributed by atoms with Crippen LogP contribution in [0.15, 0.2) is 54.6 Å². The smallest absolute Gasteiger partial charge is 0.0957 e. The molecule has 2 nitrogen and oxygen atoms in total. The van der Waals surface area contributed by atoms with E-state index in [0.717, 1.165) is 13.1 Å². The molecule has 2 rings (SSSR count). The fourth-order valence-corrected chi connectivity index (χ4v) is 2.35. The summed E-state index contributed by atoms with van der Waals surface area (Å²) in [5, 5.41) is 3.39. The van der Waals surface area contributed by atoms with Gasteiger partial charge in [0.25, 0.3) is 0 Å². The van der Waals surface area contributed by atoms with E-state index in [1.165, 1.54) is 16.7 Å². The van der Waals surface area contributed by atoms with Gasteiger partial charge < -0.3 is 10.1 Å². The third-order valence-corrected chi connectivity index (χ3v) is 3.67. The minimum atomic E-state index is 0.0701. The maximum atomic E-state index is 6.30. The van der Waals surface area contributed by atoms with Crippen LogP contribution in [0.25, 0.3) is 0 Å². The maximum Gasteiger partial charge on any atom is 0.0957 e. The highest BCUT2D eigenvalue weighted by Gasteiger charge is 2.16. The van der Waals surface area contributed by atoms with Gasteiger partial charge in [0.05, 0.1) is 12.2 Å². The van der Waals surface area contributed by atoms with E-state index in [0.29, 0.717) is 0 Å². The predicted octanol–water partition coefficient (Wildman–Crippen LogP) is 4.42. The van der Waals surface area contributed by atoms with Crippen LogP contribution in [0.1, 0.15) is 42.7 Å². The van der Waals surface area contributed by atoms with E-state index in [9.17, 15) is 0 Å². The van der Waals surface area contributed by atoms with Crippen molar-refractivity contribution in [1.82, 2.24) is 5.32 Å². The number of hydrogen-bond donors (Lipinski definition) is 1. The first kappa shape index (κ1) is 15.7. The lowest BCUT2D eigenvalue weighted by atomic mass is 10.1. The van der Waals surface area contributed by atoms with E-state index in [4.69, 9.17) is 4.74 Å². The van der Waals surface area contributed by atoms with Crippen LogP contribution in [-0.2, 0) is 4.74 Å². The number of hydrogen-bond acceptors (Lipinski definition) is 2. The van der Waals surface area contributed by atoms with Crippen molar-refractivity contribution in [3.05, 3.63) is 71.3 Å². The quantitative estimate of drug-likeness (QED) is 0.812. The molecule has 0 heterocycles. The monoisotopic (exact) mass is 283 g/mol. The first-order chi connectivity index (χ1) is 10.2. The molecule has 0 saturated heterocycles. The van der Waals surface area contributed by atoms with Gasteiger partial charge in [-0.2, -0.15) is 0 Å². The average Bonchev–Trinajstić information content (AvgIpc) is 2.53. The van der Waals surface area contributed by atoms with Crippen molar-refractivity contribution >= 4 is 0 Å². The van der Waals surface area contributed by atoms with E-state index in [1.807, 2.05) is 6.07 Å². The summed E-state index contributed by atoms with van der Waals surface area (Å²) in [6.07, 6.45) is 0.150. The van der Waals surface area contributed by atoms with E-state index >= 15 is 0 Å². The lowest BCUT2D eigenvalue weighted by Crippen LogP contribution is -2.24. The fourth-order valence-electron chi connectivity index (χ4n) is 2.35. The molecule has 0 aromatic heterocycles. The number of likely N-dealkylation sites (N-methyl/N-ethyl adjacent to an activating group) is 1. The van der Waals surface area contributed by atoms with Crippen LogP contribution in [0.3, 0.4) is 0 Å². The van der Waals surface area contributed by atoms with Gasteiger partial charge in [-0.3, -0.25) is 0 Å². The van der Waals surface area contributed by atoms with Crippen LogP contribution in [0.2, 0.25) is 0 Å². The minimum Gasteiger partial charge on any atom is -0.365 e. The molecule has 0 bridgehead atoms. The molecule has 2 aromatic carbocycles. The van der Waals surface area contributed by atoms with E-state index in [1.54, 1.807) is 0 Å². The van der Waals surface area contributed by atoms with Crippen molar-refractivity contribution < 1.29 is 4.74 Å². The molecule has 112 valence electrons. The van der Waals surface area contributed by atoms with Crippen molar-refractivity contribution in [2.75, 3.05) is 13.1 Å². The first-order valence-corrected chi connectivity index (χ1v) is 7.68. The minimum absolute atomic E-state index is 0.0701. The van der Waals surface area contributed by atoms with Crippen LogP contribution in [0.4, 0.5) is 0 Å². The number of rotatable bonds is 7. The number of aryl methyl sites for hydroxylation is 1. The van der Waals surface area contributed by atoms with Crippen molar-refractivity contribution in [3.8, 4) is 0 Å². The normalized spacial score (nSPS) is 13.9. The maximum absolute atomic E-state index is 6.30. The number of benzene rings is 2. The largest absolute Gasteiger partial charge is 0.365 e. The zero-order chi connectivity index (χ0) is 15.1. The summed E-state index contributed by atoms with van der Waals surface area (Å²) >= 11 is 0.